The monoisotopic (exact) mass is 400 g/mol. The van der Waals surface area contributed by atoms with Crippen molar-refractivity contribution >= 4 is 18.1 Å². The van der Waals surface area contributed by atoms with Gasteiger partial charge in [0.25, 0.3) is 5.67 Å². The van der Waals surface area contributed by atoms with Crippen LogP contribution in [0.5, 0.6) is 0 Å². The summed E-state index contributed by atoms with van der Waals surface area (Å²) in [7, 11) is 0. The predicted octanol–water partition coefficient (Wildman–Crippen LogP) is 1.10. The third-order valence-corrected chi connectivity index (χ3v) is 4.99. The molecule has 0 saturated carbocycles. The molecule has 0 bridgehead atoms. The Morgan fingerprint density at radius 3 is 2.71 bits per heavy atom. The number of ketones is 1. The lowest BCUT2D eigenvalue weighted by molar-refractivity contribution is -0.267. The average Bonchev–Trinajstić information content (AvgIpc) is 2.60. The van der Waals surface area contributed by atoms with Gasteiger partial charge in [-0.1, -0.05) is 12.2 Å². The maximum absolute atomic E-state index is 15.8. The van der Waals surface area contributed by atoms with E-state index in [1.165, 1.54) is 12.2 Å². The van der Waals surface area contributed by atoms with Crippen LogP contribution in [0.25, 0.3) is 0 Å². The van der Waals surface area contributed by atoms with Crippen molar-refractivity contribution in [3.63, 3.8) is 0 Å². The summed E-state index contributed by atoms with van der Waals surface area (Å²) in [6, 6.07) is -3.73. The minimum absolute atomic E-state index is 0.00562. The van der Waals surface area contributed by atoms with Crippen LogP contribution in [0.4, 0.5) is 22.4 Å². The maximum atomic E-state index is 15.8. The van der Waals surface area contributed by atoms with E-state index in [1.54, 1.807) is 6.92 Å². The number of amides is 1. The lowest BCUT2D eigenvalue weighted by Crippen LogP contribution is -2.68. The van der Waals surface area contributed by atoms with Gasteiger partial charge in [0.05, 0.1) is 6.04 Å². The number of halogens is 4. The molecule has 1 amide bonds. The molecule has 2 aliphatic heterocycles. The molecule has 1 N–H and O–H groups in total. The van der Waals surface area contributed by atoms with Crippen molar-refractivity contribution in [1.82, 2.24) is 10.2 Å². The van der Waals surface area contributed by atoms with Crippen molar-refractivity contribution in [1.29, 1.82) is 0 Å². The summed E-state index contributed by atoms with van der Waals surface area (Å²) in [6.07, 6.45) is -1.28. The third kappa shape index (κ3) is 3.48. The fourth-order valence-corrected chi connectivity index (χ4v) is 3.80. The number of nitrogens with one attached hydrogen (secondary N) is 1. The van der Waals surface area contributed by atoms with Crippen molar-refractivity contribution in [3.05, 3.63) is 35.5 Å². The van der Waals surface area contributed by atoms with E-state index in [2.05, 4.69) is 10.3 Å². The molecule has 3 aliphatic rings. The number of allylic oxidation sites excluding steroid dienone is 5. The highest BCUT2D eigenvalue weighted by Crippen LogP contribution is 2.48. The van der Waals surface area contributed by atoms with E-state index in [0.29, 0.717) is 0 Å². The number of hydrogen-bond donors (Lipinski definition) is 1. The number of carbonyl (C=O) groups excluding carboxylic acids is 2. The van der Waals surface area contributed by atoms with Gasteiger partial charge in [0.15, 0.2) is 5.78 Å². The SMILES string of the molecule is CC1CN(C(=O)[O-])CC(C2N=CC=C(C3=CC(=O)CC=C3)C2(F)C(F)(F)F)N1. The Kier molecular flexibility index (Phi) is 5.18. The van der Waals surface area contributed by atoms with Crippen molar-refractivity contribution in [2.75, 3.05) is 13.1 Å². The number of alkyl halides is 4. The van der Waals surface area contributed by atoms with E-state index < -0.39 is 54.0 Å². The van der Waals surface area contributed by atoms with Crippen LogP contribution in [0, 0.1) is 0 Å². The molecular formula is C18H18F4N3O3-. The van der Waals surface area contributed by atoms with Crippen LogP contribution in [-0.4, -0.2) is 66.1 Å². The first-order valence-electron chi connectivity index (χ1n) is 8.67. The first-order chi connectivity index (χ1) is 13.0. The van der Waals surface area contributed by atoms with Crippen LogP contribution >= 0.6 is 0 Å². The quantitative estimate of drug-likeness (QED) is 0.704. The Morgan fingerprint density at radius 1 is 1.39 bits per heavy atom. The molecule has 1 fully saturated rings. The minimum Gasteiger partial charge on any atom is -0.530 e. The van der Waals surface area contributed by atoms with E-state index in [0.717, 1.165) is 23.3 Å². The summed E-state index contributed by atoms with van der Waals surface area (Å²) >= 11 is 0. The smallest absolute Gasteiger partial charge is 0.429 e. The standard InChI is InChI=1S/C18H19F4N3O3/c1-10-8-25(16(27)28)9-14(24-10)15-17(19,18(20,21)22)13(5-6-23-15)11-3-2-4-12(26)7-11/h2-3,5-7,10,14-15,24H,4,8-9H2,1H3,(H,27,28)/p-1. The van der Waals surface area contributed by atoms with Gasteiger partial charge in [0.2, 0.25) is 0 Å². The van der Waals surface area contributed by atoms with E-state index in [4.69, 9.17) is 0 Å². The van der Waals surface area contributed by atoms with Gasteiger partial charge < -0.3 is 20.1 Å². The molecule has 6 nitrogen and oxygen atoms in total. The molecule has 3 rings (SSSR count). The van der Waals surface area contributed by atoms with E-state index >= 15 is 4.39 Å². The Balaban J connectivity index is 2.03. The lowest BCUT2D eigenvalue weighted by Gasteiger charge is -2.46. The summed E-state index contributed by atoms with van der Waals surface area (Å²) < 4.78 is 57.8. The fraction of sp³-hybridized carbons (Fsp3) is 0.500. The normalized spacial score (nSPS) is 33.5. The fourth-order valence-electron chi connectivity index (χ4n) is 3.80. The van der Waals surface area contributed by atoms with Gasteiger partial charge in [-0.3, -0.25) is 9.79 Å². The van der Waals surface area contributed by atoms with Gasteiger partial charge in [-0.15, -0.1) is 0 Å². The summed E-state index contributed by atoms with van der Waals surface area (Å²) in [6.45, 7) is 1.17. The molecular weight excluding hydrogens is 382 g/mol. The van der Waals surface area contributed by atoms with Gasteiger partial charge in [-0.25, -0.2) is 4.39 Å². The number of rotatable bonds is 2. The number of nitrogens with zero attached hydrogens (tertiary/aromatic N) is 2. The molecule has 0 aromatic heterocycles. The average molecular weight is 400 g/mol. The van der Waals surface area contributed by atoms with E-state index in [1.807, 2.05) is 0 Å². The van der Waals surface area contributed by atoms with Crippen molar-refractivity contribution < 1.29 is 32.3 Å². The van der Waals surface area contributed by atoms with Crippen LogP contribution in [-0.2, 0) is 4.79 Å². The Bertz CT molecular complexity index is 802. The van der Waals surface area contributed by atoms with Crippen molar-refractivity contribution in [2.24, 2.45) is 4.99 Å². The summed E-state index contributed by atoms with van der Waals surface area (Å²) in [5, 5.41) is 14.0. The van der Waals surface area contributed by atoms with Gasteiger partial charge >= 0.3 is 6.18 Å². The van der Waals surface area contributed by atoms with Crippen LogP contribution < -0.4 is 10.4 Å². The second kappa shape index (κ2) is 7.16. The number of dihydropyridines is 1. The molecule has 10 heteroatoms. The van der Waals surface area contributed by atoms with Crippen molar-refractivity contribution in [2.45, 2.75) is 43.3 Å². The number of carboxylic acid groups (broad SMARTS) is 1. The van der Waals surface area contributed by atoms with Gasteiger partial charge in [-0.2, -0.15) is 13.2 Å². The van der Waals surface area contributed by atoms with Gasteiger partial charge in [0, 0.05) is 37.3 Å². The molecule has 2 heterocycles. The minimum atomic E-state index is -5.34. The maximum Gasteiger partial charge on any atom is 0.429 e. The zero-order chi connectivity index (χ0) is 20.7. The van der Waals surface area contributed by atoms with E-state index in [-0.39, 0.29) is 18.5 Å². The second-order valence-corrected chi connectivity index (χ2v) is 7.05. The Morgan fingerprint density at radius 2 is 2.11 bits per heavy atom. The zero-order valence-corrected chi connectivity index (χ0v) is 14.9. The number of carbonyl (C=O) groups is 2. The summed E-state index contributed by atoms with van der Waals surface area (Å²) in [4.78, 5) is 27.4. The molecule has 152 valence electrons. The molecule has 4 atom stereocenters. The number of aliphatic imine (C=N–C) groups is 1. The Labute approximate surface area is 158 Å². The Hall–Kier alpha value is -2.49. The first-order valence-corrected chi connectivity index (χ1v) is 8.67. The molecule has 0 aromatic rings. The van der Waals surface area contributed by atoms with Crippen molar-refractivity contribution in [3.8, 4) is 0 Å². The lowest BCUT2D eigenvalue weighted by atomic mass is 9.76. The summed E-state index contributed by atoms with van der Waals surface area (Å²) in [5.74, 6) is -0.436. The molecule has 0 aromatic carbocycles. The first kappa shape index (κ1) is 20.2. The third-order valence-electron chi connectivity index (χ3n) is 4.99. The van der Waals surface area contributed by atoms with Crippen LogP contribution in [0.1, 0.15) is 13.3 Å². The summed E-state index contributed by atoms with van der Waals surface area (Å²) in [5.41, 5.74) is -4.79. The van der Waals surface area contributed by atoms with Crippen LogP contribution in [0.15, 0.2) is 40.4 Å². The molecule has 28 heavy (non-hydrogen) atoms. The highest BCUT2D eigenvalue weighted by molar-refractivity contribution is 5.95. The van der Waals surface area contributed by atoms with E-state index in [9.17, 15) is 27.9 Å². The number of hydrogen-bond acceptors (Lipinski definition) is 5. The van der Waals surface area contributed by atoms with Crippen LogP contribution in [0.3, 0.4) is 0 Å². The van der Waals surface area contributed by atoms with Gasteiger partial charge in [0.1, 0.15) is 12.1 Å². The van der Waals surface area contributed by atoms with Crippen LogP contribution in [0.2, 0.25) is 0 Å². The topological polar surface area (TPSA) is 84.8 Å². The molecule has 1 saturated heterocycles. The highest BCUT2D eigenvalue weighted by Gasteiger charge is 2.66. The molecule has 1 aliphatic carbocycles. The largest absolute Gasteiger partial charge is 0.530 e. The molecule has 0 spiro atoms. The second-order valence-electron chi connectivity index (χ2n) is 7.05. The number of piperazine rings is 1. The highest BCUT2D eigenvalue weighted by atomic mass is 19.4. The zero-order valence-electron chi connectivity index (χ0n) is 14.9. The molecule has 0 radical (unpaired) electrons. The van der Waals surface area contributed by atoms with Gasteiger partial charge in [-0.05, 0) is 24.6 Å². The molecule has 4 unspecified atom stereocenters. The predicted molar refractivity (Wildman–Crippen MR) is 90.5 cm³/mol.